The average molecular weight is 259 g/mol. The van der Waals surface area contributed by atoms with Gasteiger partial charge in [0, 0.05) is 30.5 Å². The molecule has 5 heteroatoms. The number of thiophene rings is 1. The van der Waals surface area contributed by atoms with Crippen LogP contribution in [0.4, 0.5) is 0 Å². The van der Waals surface area contributed by atoms with Crippen molar-refractivity contribution in [2.45, 2.75) is 24.2 Å². The van der Waals surface area contributed by atoms with E-state index in [1.807, 2.05) is 5.38 Å². The van der Waals surface area contributed by atoms with Crippen LogP contribution in [0, 0.1) is 0 Å². The van der Waals surface area contributed by atoms with Crippen LogP contribution in [0.3, 0.4) is 0 Å². The van der Waals surface area contributed by atoms with Gasteiger partial charge >= 0.3 is 0 Å². The second-order valence-electron chi connectivity index (χ2n) is 3.48. The third-order valence-corrected chi connectivity index (χ3v) is 3.48. The first kappa shape index (κ1) is 13.5. The van der Waals surface area contributed by atoms with Gasteiger partial charge in [-0.05, 0) is 25.3 Å². The third kappa shape index (κ3) is 5.01. The van der Waals surface area contributed by atoms with Crippen molar-refractivity contribution in [2.24, 2.45) is 0 Å². The van der Waals surface area contributed by atoms with Gasteiger partial charge in [0.25, 0.3) is 5.91 Å². The molecule has 3 nitrogen and oxygen atoms in total. The van der Waals surface area contributed by atoms with Gasteiger partial charge in [0.05, 0.1) is 4.88 Å². The van der Waals surface area contributed by atoms with Gasteiger partial charge in [-0.25, -0.2) is 0 Å². The quantitative estimate of drug-likeness (QED) is 0.583. The highest BCUT2D eigenvalue weighted by Crippen LogP contribution is 2.17. The monoisotopic (exact) mass is 259 g/mol. The maximum Gasteiger partial charge on any atom is 0.261 e. The summed E-state index contributed by atoms with van der Waals surface area (Å²) < 4.78 is 4.95. The van der Waals surface area contributed by atoms with Crippen LogP contribution in [-0.2, 0) is 4.74 Å². The molecule has 0 saturated carbocycles. The number of amides is 1. The molecule has 0 aromatic carbocycles. The number of hydrogen-bond acceptors (Lipinski definition) is 4. The lowest BCUT2D eigenvalue weighted by Gasteiger charge is -2.03. The number of carbonyl (C=O) groups is 1. The fourth-order valence-corrected chi connectivity index (χ4v) is 2.35. The molecule has 1 rings (SSSR count). The van der Waals surface area contributed by atoms with Gasteiger partial charge in [-0.1, -0.05) is 0 Å². The van der Waals surface area contributed by atoms with Gasteiger partial charge in [0.15, 0.2) is 0 Å². The lowest BCUT2D eigenvalue weighted by molar-refractivity contribution is 0.0956. The lowest BCUT2D eigenvalue weighted by Crippen LogP contribution is -2.23. The number of nitrogens with one attached hydrogen (secondary N) is 1. The summed E-state index contributed by atoms with van der Waals surface area (Å²) in [5.41, 5.74) is 0. The maximum atomic E-state index is 11.6. The number of carbonyl (C=O) groups excluding carboxylic acids is 1. The fraction of sp³-hybridized carbons (Fsp3) is 0.545. The van der Waals surface area contributed by atoms with E-state index in [1.165, 1.54) is 11.3 Å². The molecule has 1 aromatic rings. The molecule has 90 valence electrons. The minimum absolute atomic E-state index is 0.00274. The number of thiol groups is 1. The number of hydrogen-bond donors (Lipinski definition) is 2. The van der Waals surface area contributed by atoms with E-state index < -0.39 is 0 Å². The van der Waals surface area contributed by atoms with E-state index in [9.17, 15) is 4.79 Å². The molecule has 16 heavy (non-hydrogen) atoms. The van der Waals surface area contributed by atoms with Crippen LogP contribution < -0.4 is 5.32 Å². The molecule has 0 unspecified atom stereocenters. The highest BCUT2D eigenvalue weighted by Gasteiger charge is 2.06. The van der Waals surface area contributed by atoms with Crippen molar-refractivity contribution in [1.29, 1.82) is 0 Å². The van der Waals surface area contributed by atoms with Crippen molar-refractivity contribution in [3.8, 4) is 0 Å². The standard InChI is InChI=1S/C11H17NO2S2/c1-14-6-4-2-3-5-12-11(13)10-7-9(15)8-16-10/h7-8,15H,2-6H2,1H3,(H,12,13). The Labute approximate surface area is 106 Å². The Morgan fingerprint density at radius 3 is 2.94 bits per heavy atom. The third-order valence-electron chi connectivity index (χ3n) is 2.12. The van der Waals surface area contributed by atoms with Gasteiger partial charge in [0.2, 0.25) is 0 Å². The fourth-order valence-electron chi connectivity index (χ4n) is 1.28. The molecule has 0 bridgehead atoms. The highest BCUT2D eigenvalue weighted by atomic mass is 32.1. The molecule has 0 fully saturated rings. The van der Waals surface area contributed by atoms with E-state index in [2.05, 4.69) is 17.9 Å². The van der Waals surface area contributed by atoms with Crippen LogP contribution in [0.25, 0.3) is 0 Å². The van der Waals surface area contributed by atoms with E-state index in [4.69, 9.17) is 4.74 Å². The van der Waals surface area contributed by atoms with Gasteiger partial charge in [-0.3, -0.25) is 4.79 Å². The van der Waals surface area contributed by atoms with Gasteiger partial charge in [0.1, 0.15) is 0 Å². The van der Waals surface area contributed by atoms with Crippen LogP contribution >= 0.6 is 24.0 Å². The highest BCUT2D eigenvalue weighted by molar-refractivity contribution is 7.80. The van der Waals surface area contributed by atoms with Crippen LogP contribution in [0.2, 0.25) is 0 Å². The molecular weight excluding hydrogens is 242 g/mol. The Morgan fingerprint density at radius 1 is 1.50 bits per heavy atom. The Bertz CT molecular complexity index is 326. The molecule has 1 aromatic heterocycles. The summed E-state index contributed by atoms with van der Waals surface area (Å²) in [5.74, 6) is -0.00274. The van der Waals surface area contributed by atoms with Crippen molar-refractivity contribution in [3.63, 3.8) is 0 Å². The summed E-state index contributed by atoms with van der Waals surface area (Å²) in [4.78, 5) is 13.2. The summed E-state index contributed by atoms with van der Waals surface area (Å²) in [7, 11) is 1.70. The summed E-state index contributed by atoms with van der Waals surface area (Å²) in [6.45, 7) is 1.52. The SMILES string of the molecule is COCCCCCNC(=O)c1cc(S)cs1. The number of rotatable bonds is 7. The topological polar surface area (TPSA) is 38.3 Å². The molecule has 0 aliphatic rings. The second-order valence-corrected chi connectivity index (χ2v) is 4.91. The van der Waals surface area contributed by atoms with E-state index in [0.717, 1.165) is 42.2 Å². The van der Waals surface area contributed by atoms with E-state index in [0.29, 0.717) is 0 Å². The molecule has 0 saturated heterocycles. The molecule has 1 heterocycles. The lowest BCUT2D eigenvalue weighted by atomic mass is 10.2. The van der Waals surface area contributed by atoms with E-state index in [1.54, 1.807) is 13.2 Å². The largest absolute Gasteiger partial charge is 0.385 e. The number of ether oxygens (including phenoxy) is 1. The Morgan fingerprint density at radius 2 is 2.31 bits per heavy atom. The average Bonchev–Trinajstić information content (AvgIpc) is 2.70. The number of methoxy groups -OCH3 is 1. The molecule has 1 amide bonds. The van der Waals surface area contributed by atoms with Crippen molar-refractivity contribution in [2.75, 3.05) is 20.3 Å². The molecule has 0 radical (unpaired) electrons. The first-order valence-electron chi connectivity index (χ1n) is 5.28. The predicted molar refractivity (Wildman–Crippen MR) is 69.6 cm³/mol. The van der Waals surface area contributed by atoms with Crippen molar-refractivity contribution in [3.05, 3.63) is 16.3 Å². The second kappa shape index (κ2) is 7.70. The van der Waals surface area contributed by atoms with Crippen molar-refractivity contribution >= 4 is 29.9 Å². The summed E-state index contributed by atoms with van der Waals surface area (Å²) in [5, 5.41) is 4.74. The minimum atomic E-state index is -0.00274. The molecule has 0 spiro atoms. The summed E-state index contributed by atoms with van der Waals surface area (Å²) in [6, 6.07) is 1.79. The van der Waals surface area contributed by atoms with Crippen LogP contribution in [0.15, 0.2) is 16.3 Å². The first-order chi connectivity index (χ1) is 7.74. The zero-order valence-corrected chi connectivity index (χ0v) is 11.1. The summed E-state index contributed by atoms with van der Waals surface area (Å²) in [6.07, 6.45) is 3.12. The smallest absolute Gasteiger partial charge is 0.261 e. The Balaban J connectivity index is 2.11. The normalized spacial score (nSPS) is 10.4. The van der Waals surface area contributed by atoms with Crippen LogP contribution in [0.5, 0.6) is 0 Å². The van der Waals surface area contributed by atoms with E-state index in [-0.39, 0.29) is 5.91 Å². The molecule has 0 aliphatic carbocycles. The van der Waals surface area contributed by atoms with Crippen LogP contribution in [0.1, 0.15) is 28.9 Å². The van der Waals surface area contributed by atoms with Gasteiger partial charge in [-0.15, -0.1) is 24.0 Å². The Hall–Kier alpha value is -0.520. The molecule has 0 atom stereocenters. The van der Waals surface area contributed by atoms with Gasteiger partial charge < -0.3 is 10.1 Å². The first-order valence-corrected chi connectivity index (χ1v) is 6.61. The maximum absolute atomic E-state index is 11.6. The Kier molecular flexibility index (Phi) is 6.52. The molecule has 0 aliphatic heterocycles. The zero-order chi connectivity index (χ0) is 11.8. The number of unbranched alkanes of at least 4 members (excludes halogenated alkanes) is 2. The van der Waals surface area contributed by atoms with Crippen LogP contribution in [-0.4, -0.2) is 26.2 Å². The van der Waals surface area contributed by atoms with E-state index >= 15 is 0 Å². The van der Waals surface area contributed by atoms with Crippen molar-refractivity contribution < 1.29 is 9.53 Å². The van der Waals surface area contributed by atoms with Gasteiger partial charge in [-0.2, -0.15) is 0 Å². The summed E-state index contributed by atoms with van der Waals surface area (Å²) >= 11 is 5.59. The molecular formula is C11H17NO2S2. The zero-order valence-electron chi connectivity index (χ0n) is 9.36. The van der Waals surface area contributed by atoms with Crippen molar-refractivity contribution in [1.82, 2.24) is 5.32 Å². The predicted octanol–water partition coefficient (Wildman–Crippen LogP) is 2.58. The molecule has 1 N–H and O–H groups in total. The minimum Gasteiger partial charge on any atom is -0.385 e.